The average molecular weight is 623 g/mol. The van der Waals surface area contributed by atoms with Gasteiger partial charge in [-0.15, -0.1) is 5.16 Å². The molecule has 0 spiro atoms. The summed E-state index contributed by atoms with van der Waals surface area (Å²) in [4.78, 5) is 19.8. The summed E-state index contributed by atoms with van der Waals surface area (Å²) in [7, 11) is -1.15. The van der Waals surface area contributed by atoms with Crippen LogP contribution in [0.5, 0.6) is 0 Å². The molecule has 6 rings (SSSR count). The van der Waals surface area contributed by atoms with Gasteiger partial charge in [-0.3, -0.25) is 4.79 Å². The van der Waals surface area contributed by atoms with Crippen molar-refractivity contribution in [3.63, 3.8) is 0 Å². The number of hydrogen-bond acceptors (Lipinski definition) is 8. The van der Waals surface area contributed by atoms with Crippen LogP contribution in [0.15, 0.2) is 56.8 Å². The Kier molecular flexibility index (Phi) is 8.99. The quantitative estimate of drug-likeness (QED) is 0.191. The maximum absolute atomic E-state index is 13.9. The summed E-state index contributed by atoms with van der Waals surface area (Å²) < 4.78 is 39.0. The first-order valence-electron chi connectivity index (χ1n) is 14.7. The monoisotopic (exact) mass is 622 g/mol. The number of nitrogens with zero attached hydrogens (tertiary/aromatic N) is 3. The SMILES string of the molecule is CC.Cc1cc(C(C)Nc2ccc(Cl)nc2-c2ccc3c(c2)C=NOB3O)c2oc(N3CCC(F)(F)CC3)c(C)c(=O)c2c1. The van der Waals surface area contributed by atoms with Gasteiger partial charge < -0.3 is 24.4 Å². The predicted octanol–water partition coefficient (Wildman–Crippen LogP) is 6.61. The number of halogens is 3. The standard InChI is InChI=1S/C30H28BClF2N4O4.C2H6/c1-16-12-21(28-22(13-16)27(39)17(2)29(41-28)38-10-8-30(33,34)9-11-38)18(3)36-24-6-7-25(32)37-26(24)19-4-5-23-20(14-19)15-35-42-31(23)40;1-2/h4-7,12-15,18,36,40H,8-11H2,1-3H3;1-2H3. The van der Waals surface area contributed by atoms with Crippen LogP contribution >= 0.6 is 11.6 Å². The lowest BCUT2D eigenvalue weighted by Gasteiger charge is -2.33. The van der Waals surface area contributed by atoms with Crippen molar-refractivity contribution in [3.05, 3.63) is 80.1 Å². The normalized spacial score (nSPS) is 16.1. The Bertz CT molecular complexity index is 1790. The van der Waals surface area contributed by atoms with E-state index in [4.69, 9.17) is 20.8 Å². The van der Waals surface area contributed by atoms with E-state index in [0.717, 1.165) is 16.7 Å². The number of rotatable bonds is 5. The molecule has 8 nitrogen and oxygen atoms in total. The van der Waals surface area contributed by atoms with E-state index in [-0.39, 0.29) is 37.4 Å². The number of hydrogen-bond donors (Lipinski definition) is 2. The fourth-order valence-corrected chi connectivity index (χ4v) is 5.71. The van der Waals surface area contributed by atoms with Crippen LogP contribution in [-0.2, 0) is 4.76 Å². The maximum Gasteiger partial charge on any atom is 0.583 e. The Morgan fingerprint density at radius 2 is 1.84 bits per heavy atom. The van der Waals surface area contributed by atoms with Gasteiger partial charge in [0.25, 0.3) is 5.92 Å². The van der Waals surface area contributed by atoms with E-state index in [1.165, 1.54) is 6.21 Å². The molecule has 2 aliphatic heterocycles. The van der Waals surface area contributed by atoms with Gasteiger partial charge in [0, 0.05) is 42.5 Å². The van der Waals surface area contributed by atoms with Gasteiger partial charge in [0.1, 0.15) is 10.7 Å². The summed E-state index contributed by atoms with van der Waals surface area (Å²) in [5, 5.41) is 18.1. The first-order valence-corrected chi connectivity index (χ1v) is 15.0. The minimum Gasteiger partial charge on any atom is -0.440 e. The van der Waals surface area contributed by atoms with Crippen LogP contribution in [0.25, 0.3) is 22.2 Å². The highest BCUT2D eigenvalue weighted by molar-refractivity contribution is 6.62. The second kappa shape index (κ2) is 12.6. The van der Waals surface area contributed by atoms with Gasteiger partial charge >= 0.3 is 7.12 Å². The van der Waals surface area contributed by atoms with Gasteiger partial charge in [0.15, 0.2) is 5.43 Å². The zero-order valence-corrected chi connectivity index (χ0v) is 26.0. The van der Waals surface area contributed by atoms with E-state index in [2.05, 4.69) is 15.5 Å². The molecule has 2 aliphatic rings. The molecular formula is C32H34BClF2N4O4. The fraction of sp³-hybridized carbons (Fsp3) is 0.344. The molecule has 1 saturated heterocycles. The van der Waals surface area contributed by atoms with E-state index >= 15 is 0 Å². The van der Waals surface area contributed by atoms with Crippen molar-refractivity contribution in [1.82, 2.24) is 4.98 Å². The van der Waals surface area contributed by atoms with Crippen LogP contribution in [0.3, 0.4) is 0 Å². The van der Waals surface area contributed by atoms with Crippen molar-refractivity contribution >= 4 is 52.9 Å². The molecule has 0 saturated carbocycles. The van der Waals surface area contributed by atoms with Crippen LogP contribution in [-0.4, -0.2) is 42.4 Å². The minimum absolute atomic E-state index is 0.103. The Morgan fingerprint density at radius 3 is 2.57 bits per heavy atom. The molecule has 1 atom stereocenters. The second-order valence-corrected chi connectivity index (χ2v) is 11.3. The summed E-state index contributed by atoms with van der Waals surface area (Å²) in [6, 6.07) is 12.3. The molecule has 0 radical (unpaired) electrons. The fourth-order valence-electron chi connectivity index (χ4n) is 5.56. The molecular weight excluding hydrogens is 589 g/mol. The number of aromatic nitrogens is 1. The van der Waals surface area contributed by atoms with Crippen LogP contribution in [0, 0.1) is 13.8 Å². The summed E-state index contributed by atoms with van der Waals surface area (Å²) in [6.07, 6.45) is 0.940. The van der Waals surface area contributed by atoms with Crippen molar-refractivity contribution in [1.29, 1.82) is 0 Å². The number of piperidine rings is 1. The molecule has 2 N–H and O–H groups in total. The number of oxime groups is 1. The van der Waals surface area contributed by atoms with Crippen molar-refractivity contribution in [2.24, 2.45) is 5.16 Å². The number of nitrogens with one attached hydrogen (secondary N) is 1. The Hall–Kier alpha value is -3.96. The molecule has 12 heteroatoms. The van der Waals surface area contributed by atoms with Crippen molar-refractivity contribution in [3.8, 4) is 11.3 Å². The summed E-state index contributed by atoms with van der Waals surface area (Å²) in [6.45, 7) is 9.74. The van der Waals surface area contributed by atoms with E-state index in [1.807, 2.05) is 52.0 Å². The number of pyridine rings is 1. The van der Waals surface area contributed by atoms with Crippen LogP contribution in [0.1, 0.15) is 61.9 Å². The number of aryl methyl sites for hydroxylation is 1. The van der Waals surface area contributed by atoms with E-state index < -0.39 is 13.0 Å². The second-order valence-electron chi connectivity index (χ2n) is 10.9. The van der Waals surface area contributed by atoms with Crippen LogP contribution < -0.4 is 21.1 Å². The first kappa shape index (κ1) is 31.5. The molecule has 2 aromatic carbocycles. The molecule has 1 fully saturated rings. The summed E-state index contributed by atoms with van der Waals surface area (Å²) >= 11 is 6.30. The molecule has 0 bridgehead atoms. The van der Waals surface area contributed by atoms with Gasteiger partial charge in [-0.2, -0.15) is 0 Å². The Labute approximate surface area is 259 Å². The third-order valence-corrected chi connectivity index (χ3v) is 8.04. The van der Waals surface area contributed by atoms with E-state index in [1.54, 1.807) is 30.0 Å². The minimum atomic E-state index is -2.72. The maximum atomic E-state index is 13.9. The summed E-state index contributed by atoms with van der Waals surface area (Å²) in [5.74, 6) is -2.39. The molecule has 230 valence electrons. The van der Waals surface area contributed by atoms with Gasteiger partial charge in [-0.1, -0.05) is 43.6 Å². The number of fused-ring (bicyclic) bond motifs is 2. The highest BCUT2D eigenvalue weighted by Crippen LogP contribution is 2.36. The van der Waals surface area contributed by atoms with Crippen molar-refractivity contribution < 1.29 is 23.0 Å². The van der Waals surface area contributed by atoms with Crippen molar-refractivity contribution in [2.75, 3.05) is 23.3 Å². The highest BCUT2D eigenvalue weighted by Gasteiger charge is 2.35. The Balaban J connectivity index is 0.00000188. The van der Waals surface area contributed by atoms with Gasteiger partial charge in [-0.25, -0.2) is 13.8 Å². The molecule has 2 aromatic heterocycles. The predicted molar refractivity (Wildman–Crippen MR) is 173 cm³/mol. The lowest BCUT2D eigenvalue weighted by atomic mass is 9.75. The number of alkyl halides is 2. The molecule has 0 aliphatic carbocycles. The number of benzene rings is 2. The van der Waals surface area contributed by atoms with Gasteiger partial charge in [-0.05, 0) is 56.2 Å². The molecule has 1 unspecified atom stereocenters. The van der Waals surface area contributed by atoms with E-state index in [9.17, 15) is 18.6 Å². The topological polar surface area (TPSA) is 100 Å². The largest absolute Gasteiger partial charge is 0.583 e. The highest BCUT2D eigenvalue weighted by atomic mass is 35.5. The smallest absolute Gasteiger partial charge is 0.440 e. The lowest BCUT2D eigenvalue weighted by molar-refractivity contribution is -0.0225. The van der Waals surface area contributed by atoms with E-state index in [0.29, 0.717) is 50.0 Å². The third-order valence-electron chi connectivity index (χ3n) is 7.83. The van der Waals surface area contributed by atoms with Crippen molar-refractivity contribution in [2.45, 2.75) is 59.4 Å². The van der Waals surface area contributed by atoms with Crippen LogP contribution in [0.2, 0.25) is 5.15 Å². The zero-order chi connectivity index (χ0) is 31.8. The molecule has 44 heavy (non-hydrogen) atoms. The Morgan fingerprint density at radius 1 is 1.11 bits per heavy atom. The van der Waals surface area contributed by atoms with Gasteiger partial charge in [0.2, 0.25) is 5.88 Å². The number of anilines is 2. The molecule has 4 aromatic rings. The third kappa shape index (κ3) is 6.16. The average Bonchev–Trinajstić information content (AvgIpc) is 3.01. The summed E-state index contributed by atoms with van der Waals surface area (Å²) in [5.41, 5.74) is 5.53. The lowest BCUT2D eigenvalue weighted by Crippen LogP contribution is -2.40. The first-order chi connectivity index (χ1) is 21.0. The zero-order valence-electron chi connectivity index (χ0n) is 25.2. The molecule has 0 amide bonds. The molecule has 4 heterocycles. The van der Waals surface area contributed by atoms with Crippen LogP contribution in [0.4, 0.5) is 20.4 Å². The van der Waals surface area contributed by atoms with Gasteiger partial charge in [0.05, 0.1) is 34.6 Å².